The number of rotatable bonds is 4. The molecule has 1 aliphatic carbocycles. The number of aliphatic carboxylic acids is 1. The number of halogens is 2. The van der Waals surface area contributed by atoms with Gasteiger partial charge in [0.25, 0.3) is 5.91 Å². The van der Waals surface area contributed by atoms with Crippen molar-refractivity contribution in [1.29, 1.82) is 0 Å². The van der Waals surface area contributed by atoms with Crippen molar-refractivity contribution in [2.75, 3.05) is 0 Å². The Bertz CT molecular complexity index is 502. The molecular weight excluding hydrogens is 305 g/mol. The standard InChI is InChI=1S/C12H11BrFNO3/c13-9-7(2-1-3-8(9)14)11(16)15-10(12(17)18)6-4-5-6/h1-3,6,10H,4-5H2,(H,15,16)(H,17,18). The van der Waals surface area contributed by atoms with Crippen molar-refractivity contribution >= 4 is 27.8 Å². The van der Waals surface area contributed by atoms with Crippen molar-refractivity contribution in [2.24, 2.45) is 5.92 Å². The van der Waals surface area contributed by atoms with E-state index in [1.807, 2.05) is 0 Å². The molecule has 2 rings (SSSR count). The first kappa shape index (κ1) is 13.0. The van der Waals surface area contributed by atoms with Crippen LogP contribution in [0.5, 0.6) is 0 Å². The number of hydrogen-bond donors (Lipinski definition) is 2. The summed E-state index contributed by atoms with van der Waals surface area (Å²) in [5, 5.41) is 11.4. The van der Waals surface area contributed by atoms with E-state index in [-0.39, 0.29) is 16.0 Å². The number of carbonyl (C=O) groups excluding carboxylic acids is 1. The van der Waals surface area contributed by atoms with Crippen LogP contribution in [0.25, 0.3) is 0 Å². The minimum Gasteiger partial charge on any atom is -0.480 e. The van der Waals surface area contributed by atoms with Crippen LogP contribution in [-0.2, 0) is 4.79 Å². The molecule has 0 bridgehead atoms. The second kappa shape index (κ2) is 5.06. The van der Waals surface area contributed by atoms with E-state index in [4.69, 9.17) is 5.11 Å². The summed E-state index contributed by atoms with van der Waals surface area (Å²) in [7, 11) is 0. The molecule has 4 nitrogen and oxygen atoms in total. The van der Waals surface area contributed by atoms with Crippen molar-refractivity contribution in [3.8, 4) is 0 Å². The fraction of sp³-hybridized carbons (Fsp3) is 0.333. The normalized spacial score (nSPS) is 16.1. The Kier molecular flexibility index (Phi) is 3.65. The number of benzene rings is 1. The van der Waals surface area contributed by atoms with Gasteiger partial charge in [-0.1, -0.05) is 6.07 Å². The monoisotopic (exact) mass is 315 g/mol. The summed E-state index contributed by atoms with van der Waals surface area (Å²) < 4.78 is 13.3. The third-order valence-corrected chi connectivity index (χ3v) is 3.65. The van der Waals surface area contributed by atoms with Crippen molar-refractivity contribution in [3.63, 3.8) is 0 Å². The molecule has 1 fully saturated rings. The van der Waals surface area contributed by atoms with E-state index in [0.29, 0.717) is 0 Å². The quantitative estimate of drug-likeness (QED) is 0.895. The fourth-order valence-corrected chi connectivity index (χ4v) is 2.15. The third kappa shape index (κ3) is 2.69. The number of carboxylic acid groups (broad SMARTS) is 1. The van der Waals surface area contributed by atoms with Crippen molar-refractivity contribution in [3.05, 3.63) is 34.1 Å². The maximum absolute atomic E-state index is 13.3. The summed E-state index contributed by atoms with van der Waals surface area (Å²) in [5.41, 5.74) is 0.0990. The van der Waals surface area contributed by atoms with E-state index in [1.165, 1.54) is 18.2 Å². The van der Waals surface area contributed by atoms with Crippen LogP contribution in [0.3, 0.4) is 0 Å². The maximum Gasteiger partial charge on any atom is 0.326 e. The second-order valence-corrected chi connectivity index (χ2v) is 5.02. The molecule has 0 radical (unpaired) electrons. The van der Waals surface area contributed by atoms with Crippen molar-refractivity contribution in [2.45, 2.75) is 18.9 Å². The highest BCUT2D eigenvalue weighted by molar-refractivity contribution is 9.10. The summed E-state index contributed by atoms with van der Waals surface area (Å²) in [6.45, 7) is 0. The van der Waals surface area contributed by atoms with Crippen LogP contribution in [0.4, 0.5) is 4.39 Å². The molecule has 0 heterocycles. The Morgan fingerprint density at radius 1 is 1.44 bits per heavy atom. The lowest BCUT2D eigenvalue weighted by Crippen LogP contribution is -2.42. The highest BCUT2D eigenvalue weighted by Crippen LogP contribution is 2.33. The first-order valence-electron chi connectivity index (χ1n) is 5.48. The van der Waals surface area contributed by atoms with Gasteiger partial charge in [-0.3, -0.25) is 4.79 Å². The van der Waals surface area contributed by atoms with Gasteiger partial charge < -0.3 is 10.4 Å². The molecule has 1 amide bonds. The van der Waals surface area contributed by atoms with Gasteiger partial charge >= 0.3 is 5.97 Å². The van der Waals surface area contributed by atoms with Crippen LogP contribution in [-0.4, -0.2) is 23.0 Å². The lowest BCUT2D eigenvalue weighted by atomic mass is 10.1. The van der Waals surface area contributed by atoms with E-state index < -0.39 is 23.7 Å². The van der Waals surface area contributed by atoms with Gasteiger partial charge in [0, 0.05) is 0 Å². The number of hydrogen-bond acceptors (Lipinski definition) is 2. The molecule has 96 valence electrons. The van der Waals surface area contributed by atoms with Gasteiger partial charge in [0.2, 0.25) is 0 Å². The minimum absolute atomic E-state index is 0.0150. The van der Waals surface area contributed by atoms with Gasteiger partial charge in [-0.2, -0.15) is 0 Å². The largest absolute Gasteiger partial charge is 0.480 e. The molecule has 1 unspecified atom stereocenters. The average Bonchev–Trinajstić information content (AvgIpc) is 3.13. The fourth-order valence-electron chi connectivity index (χ4n) is 1.71. The van der Waals surface area contributed by atoms with Gasteiger partial charge in [-0.25, -0.2) is 9.18 Å². The molecule has 1 atom stereocenters. The van der Waals surface area contributed by atoms with E-state index >= 15 is 0 Å². The Labute approximate surface area is 111 Å². The third-order valence-electron chi connectivity index (χ3n) is 2.84. The van der Waals surface area contributed by atoms with E-state index in [0.717, 1.165) is 12.8 Å². The molecule has 2 N–H and O–H groups in total. The van der Waals surface area contributed by atoms with Crippen molar-refractivity contribution in [1.82, 2.24) is 5.32 Å². The van der Waals surface area contributed by atoms with Crippen LogP contribution in [0, 0.1) is 11.7 Å². The SMILES string of the molecule is O=C(NC(C(=O)O)C1CC1)c1cccc(F)c1Br. The zero-order chi connectivity index (χ0) is 13.3. The number of carbonyl (C=O) groups is 2. The predicted octanol–water partition coefficient (Wildman–Crippen LogP) is 2.18. The maximum atomic E-state index is 13.3. The number of amides is 1. The smallest absolute Gasteiger partial charge is 0.326 e. The van der Waals surface area contributed by atoms with E-state index in [1.54, 1.807) is 0 Å². The first-order valence-corrected chi connectivity index (χ1v) is 6.27. The molecule has 0 aliphatic heterocycles. The minimum atomic E-state index is -1.06. The molecule has 6 heteroatoms. The zero-order valence-corrected chi connectivity index (χ0v) is 10.9. The Morgan fingerprint density at radius 3 is 2.67 bits per heavy atom. The summed E-state index contributed by atoms with van der Waals surface area (Å²) in [6, 6.07) is 3.17. The van der Waals surface area contributed by atoms with Gasteiger partial charge in [-0.15, -0.1) is 0 Å². The Morgan fingerprint density at radius 2 is 2.11 bits per heavy atom. The molecule has 18 heavy (non-hydrogen) atoms. The van der Waals surface area contributed by atoms with E-state index in [9.17, 15) is 14.0 Å². The molecule has 0 aromatic heterocycles. The van der Waals surface area contributed by atoms with E-state index in [2.05, 4.69) is 21.2 Å². The molecule has 1 aromatic carbocycles. The van der Waals surface area contributed by atoms with Gasteiger partial charge in [-0.05, 0) is 46.8 Å². The highest BCUT2D eigenvalue weighted by Gasteiger charge is 2.37. The molecule has 1 saturated carbocycles. The van der Waals surface area contributed by atoms with Crippen LogP contribution in [0.15, 0.2) is 22.7 Å². The van der Waals surface area contributed by atoms with Crippen LogP contribution in [0.1, 0.15) is 23.2 Å². The Hall–Kier alpha value is -1.43. The predicted molar refractivity (Wildman–Crippen MR) is 65.7 cm³/mol. The molecular formula is C12H11BrFNO3. The molecule has 1 aliphatic rings. The number of carboxylic acids is 1. The molecule has 0 saturated heterocycles. The van der Waals surface area contributed by atoms with Gasteiger partial charge in [0.05, 0.1) is 10.0 Å². The Balaban J connectivity index is 2.16. The lowest BCUT2D eigenvalue weighted by Gasteiger charge is -2.14. The van der Waals surface area contributed by atoms with Gasteiger partial charge in [0.15, 0.2) is 0 Å². The molecule has 0 spiro atoms. The highest BCUT2D eigenvalue weighted by atomic mass is 79.9. The summed E-state index contributed by atoms with van der Waals surface area (Å²) in [5.74, 6) is -2.21. The van der Waals surface area contributed by atoms with Crippen LogP contribution >= 0.6 is 15.9 Å². The topological polar surface area (TPSA) is 66.4 Å². The first-order chi connectivity index (χ1) is 8.50. The zero-order valence-electron chi connectivity index (χ0n) is 9.32. The average molecular weight is 316 g/mol. The molecule has 1 aromatic rings. The van der Waals surface area contributed by atoms with Crippen molar-refractivity contribution < 1.29 is 19.1 Å². The second-order valence-electron chi connectivity index (χ2n) is 4.23. The van der Waals surface area contributed by atoms with Crippen LogP contribution < -0.4 is 5.32 Å². The number of nitrogens with one attached hydrogen (secondary N) is 1. The summed E-state index contributed by atoms with van der Waals surface area (Å²) in [6.07, 6.45) is 1.59. The van der Waals surface area contributed by atoms with Crippen LogP contribution in [0.2, 0.25) is 0 Å². The van der Waals surface area contributed by atoms with Gasteiger partial charge in [0.1, 0.15) is 11.9 Å². The lowest BCUT2D eigenvalue weighted by molar-refractivity contribution is -0.139. The summed E-state index contributed by atoms with van der Waals surface area (Å²) >= 11 is 2.98. The summed E-state index contributed by atoms with van der Waals surface area (Å²) in [4.78, 5) is 22.9.